The zero-order valence-electron chi connectivity index (χ0n) is 11.4. The van der Waals surface area contributed by atoms with E-state index in [4.69, 9.17) is 5.26 Å². The van der Waals surface area contributed by atoms with Gasteiger partial charge in [0.15, 0.2) is 0 Å². The molecular weight excluding hydrogens is 272 g/mol. The number of benzene rings is 1. The Morgan fingerprint density at radius 3 is 2.57 bits per heavy atom. The van der Waals surface area contributed by atoms with Crippen LogP contribution in [0.25, 0.3) is 0 Å². The van der Waals surface area contributed by atoms with Crippen LogP contribution >= 0.6 is 0 Å². The number of rotatable bonds is 4. The Hall–Kier alpha value is -3.21. The molecular formula is C13H12N6O2. The molecule has 1 aromatic heterocycles. The molecule has 1 N–H and O–H groups in total. The molecule has 106 valence electrons. The predicted octanol–water partition coefficient (Wildman–Crippen LogP) is 2.07. The number of anilines is 3. The molecule has 8 heteroatoms. The van der Waals surface area contributed by atoms with E-state index in [-0.39, 0.29) is 17.5 Å². The average molecular weight is 284 g/mol. The molecule has 1 heterocycles. The second-order valence-electron chi connectivity index (χ2n) is 4.13. The van der Waals surface area contributed by atoms with Gasteiger partial charge in [-0.15, -0.1) is 0 Å². The van der Waals surface area contributed by atoms with Gasteiger partial charge in [0.1, 0.15) is 6.20 Å². The number of nitrogens with zero attached hydrogens (tertiary/aromatic N) is 5. The van der Waals surface area contributed by atoms with Crippen molar-refractivity contribution in [2.75, 3.05) is 24.3 Å². The second-order valence-corrected chi connectivity index (χ2v) is 4.13. The fraction of sp³-hybridized carbons (Fsp3) is 0.154. The summed E-state index contributed by atoms with van der Waals surface area (Å²) in [5.41, 5.74) is 0.999. The molecule has 0 fully saturated rings. The maximum atomic E-state index is 11.1. The molecule has 0 aliphatic carbocycles. The monoisotopic (exact) mass is 284 g/mol. The molecule has 8 nitrogen and oxygen atoms in total. The molecule has 21 heavy (non-hydrogen) atoms. The van der Waals surface area contributed by atoms with Gasteiger partial charge in [0, 0.05) is 19.8 Å². The van der Waals surface area contributed by atoms with E-state index < -0.39 is 4.92 Å². The van der Waals surface area contributed by atoms with Crippen molar-refractivity contribution in [2.24, 2.45) is 0 Å². The number of hydrogen-bond acceptors (Lipinski definition) is 7. The molecule has 2 rings (SSSR count). The van der Waals surface area contributed by atoms with Crippen molar-refractivity contribution in [3.63, 3.8) is 0 Å². The maximum absolute atomic E-state index is 11.1. The third-order valence-corrected chi connectivity index (χ3v) is 2.87. The molecule has 0 amide bonds. The van der Waals surface area contributed by atoms with Crippen molar-refractivity contribution < 1.29 is 4.92 Å². The van der Waals surface area contributed by atoms with Gasteiger partial charge in [-0.2, -0.15) is 10.2 Å². The van der Waals surface area contributed by atoms with Crippen LogP contribution < -0.4 is 10.2 Å². The minimum absolute atomic E-state index is 0.170. The first-order valence-electron chi connectivity index (χ1n) is 6.00. The lowest BCUT2D eigenvalue weighted by molar-refractivity contribution is -0.384. The van der Waals surface area contributed by atoms with Crippen molar-refractivity contribution in [2.45, 2.75) is 0 Å². The van der Waals surface area contributed by atoms with Gasteiger partial charge in [-0.3, -0.25) is 10.1 Å². The van der Waals surface area contributed by atoms with Crippen LogP contribution in [0.1, 0.15) is 5.56 Å². The van der Waals surface area contributed by atoms with E-state index in [1.165, 1.54) is 0 Å². The zero-order chi connectivity index (χ0) is 15.4. The van der Waals surface area contributed by atoms with Gasteiger partial charge < -0.3 is 10.2 Å². The third kappa shape index (κ3) is 2.87. The van der Waals surface area contributed by atoms with E-state index in [9.17, 15) is 10.1 Å². The molecule has 0 aliphatic heterocycles. The predicted molar refractivity (Wildman–Crippen MR) is 77.5 cm³/mol. The van der Waals surface area contributed by atoms with Gasteiger partial charge in [-0.05, 0) is 24.3 Å². The van der Waals surface area contributed by atoms with Crippen molar-refractivity contribution in [1.82, 2.24) is 9.97 Å². The summed E-state index contributed by atoms with van der Waals surface area (Å²) in [5, 5.41) is 22.6. The summed E-state index contributed by atoms with van der Waals surface area (Å²) in [6, 6.07) is 8.69. The van der Waals surface area contributed by atoms with Gasteiger partial charge in [0.2, 0.25) is 11.8 Å². The molecule has 0 saturated carbocycles. The highest BCUT2D eigenvalue weighted by Gasteiger charge is 2.21. The van der Waals surface area contributed by atoms with Crippen molar-refractivity contribution >= 4 is 23.1 Å². The van der Waals surface area contributed by atoms with Gasteiger partial charge in [-0.25, -0.2) is 4.98 Å². The Kier molecular flexibility index (Phi) is 3.95. The lowest BCUT2D eigenvalue weighted by atomic mass is 10.2. The Bertz CT molecular complexity index is 708. The average Bonchev–Trinajstić information content (AvgIpc) is 2.53. The van der Waals surface area contributed by atoms with E-state index in [1.54, 1.807) is 43.3 Å². The molecule has 0 saturated heterocycles. The summed E-state index contributed by atoms with van der Waals surface area (Å²) < 4.78 is 0. The Balaban J connectivity index is 2.47. The topological polar surface area (TPSA) is 108 Å². The summed E-state index contributed by atoms with van der Waals surface area (Å²) in [6.07, 6.45) is 1.16. The molecule has 0 radical (unpaired) electrons. The second kappa shape index (κ2) is 5.83. The number of hydrogen-bond donors (Lipinski definition) is 1. The van der Waals surface area contributed by atoms with Crippen LogP contribution in [0, 0.1) is 21.4 Å². The van der Waals surface area contributed by atoms with E-state index >= 15 is 0 Å². The summed E-state index contributed by atoms with van der Waals surface area (Å²) in [6.45, 7) is 0. The zero-order valence-corrected chi connectivity index (χ0v) is 11.4. The number of aromatic nitrogens is 2. The van der Waals surface area contributed by atoms with E-state index in [0.717, 1.165) is 6.20 Å². The van der Waals surface area contributed by atoms with E-state index in [0.29, 0.717) is 11.3 Å². The first-order chi connectivity index (χ1) is 10.1. The van der Waals surface area contributed by atoms with Crippen molar-refractivity contribution in [3.05, 3.63) is 46.1 Å². The van der Waals surface area contributed by atoms with Crippen LogP contribution in [0.5, 0.6) is 0 Å². The fourth-order valence-electron chi connectivity index (χ4n) is 1.74. The molecule has 0 atom stereocenters. The summed E-state index contributed by atoms with van der Waals surface area (Å²) >= 11 is 0. The minimum atomic E-state index is -0.533. The Labute approximate surface area is 120 Å². The smallest absolute Gasteiger partial charge is 0.330 e. The number of nitriles is 1. The Morgan fingerprint density at radius 1 is 1.38 bits per heavy atom. The first-order valence-corrected chi connectivity index (χ1v) is 6.00. The van der Waals surface area contributed by atoms with Gasteiger partial charge >= 0.3 is 5.69 Å². The molecule has 0 bridgehead atoms. The molecule has 0 spiro atoms. The highest BCUT2D eigenvalue weighted by molar-refractivity contribution is 5.68. The largest absolute Gasteiger partial charge is 0.357 e. The molecule has 1 aromatic carbocycles. The van der Waals surface area contributed by atoms with Crippen LogP contribution in [-0.4, -0.2) is 29.0 Å². The van der Waals surface area contributed by atoms with Crippen LogP contribution in [0.3, 0.4) is 0 Å². The van der Waals surface area contributed by atoms with Crippen LogP contribution in [0.4, 0.5) is 23.1 Å². The van der Waals surface area contributed by atoms with Crippen LogP contribution in [0.15, 0.2) is 30.5 Å². The lowest BCUT2D eigenvalue weighted by Gasteiger charge is -2.18. The van der Waals surface area contributed by atoms with Crippen LogP contribution in [0.2, 0.25) is 0 Å². The SMILES string of the molecule is CNc1ncc([N+](=O)[O-])c(N(C)c2ccc(C#N)cc2)n1. The standard InChI is InChI=1S/C13H12N6O2/c1-15-13-16-8-11(19(20)21)12(17-13)18(2)10-5-3-9(7-14)4-6-10/h3-6,8H,1-2H3,(H,15,16,17). The lowest BCUT2D eigenvalue weighted by Crippen LogP contribution is -2.14. The van der Waals surface area contributed by atoms with Gasteiger partial charge in [0.05, 0.1) is 16.6 Å². The van der Waals surface area contributed by atoms with Gasteiger partial charge in [-0.1, -0.05) is 0 Å². The fourth-order valence-corrected chi connectivity index (χ4v) is 1.74. The normalized spacial score (nSPS) is 9.76. The third-order valence-electron chi connectivity index (χ3n) is 2.87. The Morgan fingerprint density at radius 2 is 2.05 bits per heavy atom. The quantitative estimate of drug-likeness (QED) is 0.676. The molecule has 2 aromatic rings. The molecule has 0 aliphatic rings. The van der Waals surface area contributed by atoms with Gasteiger partial charge in [0.25, 0.3) is 0 Å². The number of nitro groups is 1. The van der Waals surface area contributed by atoms with Crippen molar-refractivity contribution in [1.29, 1.82) is 5.26 Å². The summed E-state index contributed by atoms with van der Waals surface area (Å²) in [5.74, 6) is 0.458. The first kappa shape index (κ1) is 14.2. The molecule has 0 unspecified atom stereocenters. The maximum Gasteiger partial charge on any atom is 0.330 e. The minimum Gasteiger partial charge on any atom is -0.357 e. The highest BCUT2D eigenvalue weighted by Crippen LogP contribution is 2.30. The summed E-state index contributed by atoms with van der Waals surface area (Å²) in [7, 11) is 3.29. The van der Waals surface area contributed by atoms with Crippen molar-refractivity contribution in [3.8, 4) is 6.07 Å². The van der Waals surface area contributed by atoms with E-state index in [2.05, 4.69) is 15.3 Å². The summed E-state index contributed by atoms with van der Waals surface area (Å²) in [4.78, 5) is 20.1. The number of nitrogens with one attached hydrogen (secondary N) is 1. The van der Waals surface area contributed by atoms with E-state index in [1.807, 2.05) is 6.07 Å². The highest BCUT2D eigenvalue weighted by atomic mass is 16.6. The van der Waals surface area contributed by atoms with Crippen LogP contribution in [-0.2, 0) is 0 Å².